The number of nitrogens with zero attached hydrogens (tertiary/aromatic N) is 6. The van der Waals surface area contributed by atoms with E-state index in [2.05, 4.69) is 57.8 Å². The Kier molecular flexibility index (Phi) is 7.36. The van der Waals surface area contributed by atoms with Crippen LogP contribution in [0.3, 0.4) is 0 Å². The summed E-state index contributed by atoms with van der Waals surface area (Å²) in [5.41, 5.74) is 3.13. The van der Waals surface area contributed by atoms with Crippen molar-refractivity contribution in [1.82, 2.24) is 25.0 Å². The molecule has 0 amide bonds. The van der Waals surface area contributed by atoms with Crippen molar-refractivity contribution < 1.29 is 8.78 Å². The fourth-order valence-corrected chi connectivity index (χ4v) is 5.03. The molecule has 8 nitrogen and oxygen atoms in total. The van der Waals surface area contributed by atoms with Gasteiger partial charge in [-0.1, -0.05) is 50.6 Å². The van der Waals surface area contributed by atoms with Gasteiger partial charge in [0, 0.05) is 41.3 Å². The topological polar surface area (TPSA) is 104 Å². The van der Waals surface area contributed by atoms with Crippen molar-refractivity contribution in [2.24, 2.45) is 5.41 Å². The highest BCUT2D eigenvalue weighted by Gasteiger charge is 2.54. The summed E-state index contributed by atoms with van der Waals surface area (Å²) in [7, 11) is 0. The Morgan fingerprint density at radius 3 is 2.65 bits per heavy atom. The summed E-state index contributed by atoms with van der Waals surface area (Å²) in [6.45, 7) is 8.94. The van der Waals surface area contributed by atoms with Crippen LogP contribution in [-0.4, -0.2) is 37.9 Å². The van der Waals surface area contributed by atoms with E-state index in [0.29, 0.717) is 64.4 Å². The van der Waals surface area contributed by atoms with Gasteiger partial charge in [-0.05, 0) is 42.9 Å². The number of aryl methyl sites for hydroxylation is 1. The Hall–Kier alpha value is -3.84. The van der Waals surface area contributed by atoms with Crippen LogP contribution < -0.4 is 10.6 Å². The van der Waals surface area contributed by atoms with Crippen LogP contribution >= 0.6 is 11.6 Å². The Morgan fingerprint density at radius 2 is 2.00 bits per heavy atom. The zero-order valence-corrected chi connectivity index (χ0v) is 23.6. The van der Waals surface area contributed by atoms with Crippen molar-refractivity contribution in [2.75, 3.05) is 17.2 Å². The molecule has 1 atom stereocenters. The first-order chi connectivity index (χ1) is 19.1. The third kappa shape index (κ3) is 5.30. The van der Waals surface area contributed by atoms with Crippen LogP contribution in [-0.2, 0) is 12.0 Å². The van der Waals surface area contributed by atoms with E-state index in [0.717, 1.165) is 11.3 Å². The van der Waals surface area contributed by atoms with Gasteiger partial charge in [0.1, 0.15) is 17.3 Å². The van der Waals surface area contributed by atoms with Crippen LogP contribution in [0.1, 0.15) is 69.1 Å². The Balaban J connectivity index is 1.61. The molecule has 0 spiro atoms. The lowest BCUT2D eigenvalue weighted by Gasteiger charge is -2.23. The first-order valence-electron chi connectivity index (χ1n) is 13.2. The predicted octanol–water partition coefficient (Wildman–Crippen LogP) is 6.72. The van der Waals surface area contributed by atoms with Crippen molar-refractivity contribution in [1.29, 1.82) is 5.26 Å². The predicted molar refractivity (Wildman–Crippen MR) is 152 cm³/mol. The number of nitriles is 1. The number of aromatic nitrogens is 5. The zero-order valence-electron chi connectivity index (χ0n) is 22.8. The van der Waals surface area contributed by atoms with Gasteiger partial charge in [-0.2, -0.15) is 5.26 Å². The standard InChI is InChI=1S/C29H31ClF2N8/c1-5-22-19(7-6-10-34-22)26(23-15-40(39-38-23)29(8-9-29)27(31)32)37-18-11-20-24(36-16-28(2,3)4)17(13-33)14-35-25(20)21(30)12-18/h6-7,10-12,14-15,26-27,37H,5,8-9,16H2,1-4H3,(H,35,36). The highest BCUT2D eigenvalue weighted by molar-refractivity contribution is 6.35. The first kappa shape index (κ1) is 27.7. The van der Waals surface area contributed by atoms with Crippen molar-refractivity contribution in [3.05, 3.63) is 70.4 Å². The summed E-state index contributed by atoms with van der Waals surface area (Å²) in [5, 5.41) is 26.3. The van der Waals surface area contributed by atoms with Gasteiger partial charge in [0.15, 0.2) is 0 Å². The molecule has 1 aliphatic carbocycles. The van der Waals surface area contributed by atoms with Gasteiger partial charge in [0.25, 0.3) is 6.43 Å². The average Bonchev–Trinajstić information content (AvgIpc) is 3.60. The van der Waals surface area contributed by atoms with E-state index in [4.69, 9.17) is 11.6 Å². The lowest BCUT2D eigenvalue weighted by atomic mass is 9.96. The highest BCUT2D eigenvalue weighted by Crippen LogP contribution is 2.48. The number of anilines is 2. The van der Waals surface area contributed by atoms with Crippen LogP contribution in [0.4, 0.5) is 20.2 Å². The number of nitrogens with one attached hydrogen (secondary N) is 2. The van der Waals surface area contributed by atoms with Crippen molar-refractivity contribution in [3.8, 4) is 6.07 Å². The number of hydrogen-bond acceptors (Lipinski definition) is 7. The summed E-state index contributed by atoms with van der Waals surface area (Å²) in [4.78, 5) is 8.98. The second-order valence-electron chi connectivity index (χ2n) is 11.4. The number of pyridine rings is 2. The van der Waals surface area contributed by atoms with Gasteiger partial charge >= 0.3 is 0 Å². The van der Waals surface area contributed by atoms with Crippen LogP contribution in [0.25, 0.3) is 10.9 Å². The van der Waals surface area contributed by atoms with E-state index in [-0.39, 0.29) is 5.41 Å². The minimum absolute atomic E-state index is 0.0348. The normalized spacial score (nSPS) is 15.2. The largest absolute Gasteiger partial charge is 0.383 e. The second kappa shape index (κ2) is 10.6. The molecule has 1 aromatic carbocycles. The van der Waals surface area contributed by atoms with Crippen LogP contribution in [0.2, 0.25) is 5.02 Å². The fourth-order valence-electron chi connectivity index (χ4n) is 4.76. The van der Waals surface area contributed by atoms with E-state index in [1.165, 1.54) is 10.9 Å². The van der Waals surface area contributed by atoms with E-state index in [1.54, 1.807) is 18.5 Å². The van der Waals surface area contributed by atoms with Gasteiger partial charge in [-0.3, -0.25) is 9.97 Å². The average molecular weight is 565 g/mol. The maximum absolute atomic E-state index is 13.8. The lowest BCUT2D eigenvalue weighted by molar-refractivity contribution is 0.0593. The molecule has 1 saturated carbocycles. The van der Waals surface area contributed by atoms with E-state index in [1.807, 2.05) is 25.1 Å². The zero-order chi connectivity index (χ0) is 28.7. The molecule has 208 valence electrons. The summed E-state index contributed by atoms with van der Waals surface area (Å²) in [6, 6.07) is 9.11. The Bertz CT molecular complexity index is 1580. The number of rotatable bonds is 9. The highest BCUT2D eigenvalue weighted by atomic mass is 35.5. The molecule has 3 heterocycles. The van der Waals surface area contributed by atoms with Gasteiger partial charge in [-0.15, -0.1) is 5.10 Å². The van der Waals surface area contributed by atoms with Gasteiger partial charge in [-0.25, -0.2) is 13.5 Å². The fraction of sp³-hybridized carbons (Fsp3) is 0.414. The molecule has 0 radical (unpaired) electrons. The van der Waals surface area contributed by atoms with Crippen molar-refractivity contribution in [3.63, 3.8) is 0 Å². The number of hydrogen-bond donors (Lipinski definition) is 2. The van der Waals surface area contributed by atoms with Gasteiger partial charge in [0.2, 0.25) is 0 Å². The van der Waals surface area contributed by atoms with E-state index < -0.39 is 18.0 Å². The molecule has 11 heteroatoms. The molecule has 1 unspecified atom stereocenters. The van der Waals surface area contributed by atoms with Crippen molar-refractivity contribution >= 4 is 33.9 Å². The molecule has 40 heavy (non-hydrogen) atoms. The van der Waals surface area contributed by atoms with Gasteiger partial charge in [0.05, 0.1) is 34.0 Å². The number of halogens is 3. The third-order valence-corrected chi connectivity index (χ3v) is 7.44. The molecule has 0 aliphatic heterocycles. The Labute approximate surface area is 236 Å². The molecule has 2 N–H and O–H groups in total. The van der Waals surface area contributed by atoms with E-state index >= 15 is 0 Å². The summed E-state index contributed by atoms with van der Waals surface area (Å²) < 4.78 is 28.9. The SMILES string of the molecule is CCc1ncccc1C(Nc1cc(Cl)c2ncc(C#N)c(NCC(C)(C)C)c2c1)c1cn(C2(C(F)F)CC2)nn1. The summed E-state index contributed by atoms with van der Waals surface area (Å²) in [5.74, 6) is 0. The Morgan fingerprint density at radius 1 is 1.23 bits per heavy atom. The minimum atomic E-state index is -2.53. The lowest BCUT2D eigenvalue weighted by Crippen LogP contribution is -2.26. The van der Waals surface area contributed by atoms with Crippen LogP contribution in [0, 0.1) is 16.7 Å². The molecule has 5 rings (SSSR count). The molecule has 1 fully saturated rings. The minimum Gasteiger partial charge on any atom is -0.383 e. The van der Waals surface area contributed by atoms with Crippen LogP contribution in [0.5, 0.6) is 0 Å². The second-order valence-corrected chi connectivity index (χ2v) is 11.8. The maximum atomic E-state index is 13.8. The number of benzene rings is 1. The third-order valence-electron chi connectivity index (χ3n) is 7.15. The molecular weight excluding hydrogens is 534 g/mol. The van der Waals surface area contributed by atoms with E-state index in [9.17, 15) is 14.0 Å². The van der Waals surface area contributed by atoms with Crippen LogP contribution in [0.15, 0.2) is 42.9 Å². The molecule has 3 aromatic heterocycles. The molecule has 0 bridgehead atoms. The molecule has 0 saturated heterocycles. The molecule has 4 aromatic rings. The monoisotopic (exact) mass is 564 g/mol. The van der Waals surface area contributed by atoms with Crippen molar-refractivity contribution in [2.45, 2.75) is 65.0 Å². The quantitative estimate of drug-likeness (QED) is 0.232. The first-order valence-corrected chi connectivity index (χ1v) is 13.6. The van der Waals surface area contributed by atoms with Gasteiger partial charge < -0.3 is 10.6 Å². The smallest absolute Gasteiger partial charge is 0.263 e. The summed E-state index contributed by atoms with van der Waals surface area (Å²) in [6.07, 6.45) is 3.69. The molecule has 1 aliphatic rings. The number of alkyl halides is 2. The summed E-state index contributed by atoms with van der Waals surface area (Å²) >= 11 is 6.72. The maximum Gasteiger partial charge on any atom is 0.263 e. The molecular formula is C29H31ClF2N8. The number of fused-ring (bicyclic) bond motifs is 1.